The van der Waals surface area contributed by atoms with Crippen molar-refractivity contribution < 1.29 is 14.7 Å². The summed E-state index contributed by atoms with van der Waals surface area (Å²) in [6, 6.07) is 3.56. The molecule has 1 aliphatic rings. The molecule has 0 saturated heterocycles. The van der Waals surface area contributed by atoms with Crippen LogP contribution < -0.4 is 11.1 Å². The van der Waals surface area contributed by atoms with Crippen molar-refractivity contribution in [1.82, 2.24) is 4.90 Å². The molecule has 0 aromatic carbocycles. The molecule has 0 bridgehead atoms. The number of fused-ring (bicyclic) bond motifs is 1. The van der Waals surface area contributed by atoms with Gasteiger partial charge in [-0.25, -0.2) is 4.79 Å². The van der Waals surface area contributed by atoms with Gasteiger partial charge in [-0.2, -0.15) is 0 Å². The SMILES string of the molecule is Nc1c(NC(=O)c2cccs2)sc2c1CCN(C(=O)O)C2. The molecule has 1 aliphatic heterocycles. The minimum Gasteiger partial charge on any atom is -0.465 e. The Balaban J connectivity index is 1.82. The predicted octanol–water partition coefficient (Wildman–Crippen LogP) is 2.68. The molecule has 3 rings (SSSR count). The van der Waals surface area contributed by atoms with Crippen molar-refractivity contribution in [3.05, 3.63) is 32.8 Å². The van der Waals surface area contributed by atoms with Gasteiger partial charge < -0.3 is 21.1 Å². The number of hydrogen-bond donors (Lipinski definition) is 3. The van der Waals surface area contributed by atoms with Crippen LogP contribution in [0.25, 0.3) is 0 Å². The van der Waals surface area contributed by atoms with Crippen LogP contribution >= 0.6 is 22.7 Å². The van der Waals surface area contributed by atoms with Crippen molar-refractivity contribution in [2.45, 2.75) is 13.0 Å². The van der Waals surface area contributed by atoms with E-state index in [1.165, 1.54) is 27.6 Å². The minimum absolute atomic E-state index is 0.189. The van der Waals surface area contributed by atoms with Crippen LogP contribution in [0.2, 0.25) is 0 Å². The lowest BCUT2D eigenvalue weighted by atomic mass is 10.1. The Labute approximate surface area is 128 Å². The Morgan fingerprint density at radius 2 is 2.24 bits per heavy atom. The number of carboxylic acid groups (broad SMARTS) is 1. The molecule has 3 heterocycles. The maximum absolute atomic E-state index is 12.1. The van der Waals surface area contributed by atoms with Gasteiger partial charge in [-0.1, -0.05) is 6.07 Å². The van der Waals surface area contributed by atoms with Crippen LogP contribution in [0.1, 0.15) is 20.1 Å². The van der Waals surface area contributed by atoms with Crippen molar-refractivity contribution in [2.24, 2.45) is 0 Å². The van der Waals surface area contributed by atoms with Gasteiger partial charge >= 0.3 is 6.09 Å². The fourth-order valence-corrected chi connectivity index (χ4v) is 4.05. The standard InChI is InChI=1S/C13H13N3O3S2/c14-10-7-3-4-16(13(18)19)6-9(7)21-12(10)15-11(17)8-2-1-5-20-8/h1-2,5H,3-4,6,14H2,(H,15,17)(H,18,19). The third-order valence-corrected chi connectivity index (χ3v) is 5.36. The number of thiophene rings is 2. The summed E-state index contributed by atoms with van der Waals surface area (Å²) >= 11 is 2.71. The summed E-state index contributed by atoms with van der Waals surface area (Å²) in [6.45, 7) is 0.760. The molecular weight excluding hydrogens is 310 g/mol. The maximum atomic E-state index is 12.1. The second kappa shape index (κ2) is 5.38. The highest BCUT2D eigenvalue weighted by molar-refractivity contribution is 7.17. The third kappa shape index (κ3) is 2.59. The fourth-order valence-electron chi connectivity index (χ4n) is 2.26. The summed E-state index contributed by atoms with van der Waals surface area (Å²) in [6.07, 6.45) is -0.351. The molecule has 0 atom stereocenters. The molecule has 0 spiro atoms. The van der Waals surface area contributed by atoms with Crippen molar-refractivity contribution >= 4 is 45.4 Å². The topological polar surface area (TPSA) is 95.7 Å². The molecule has 0 unspecified atom stereocenters. The molecular formula is C13H13N3O3S2. The van der Waals surface area contributed by atoms with Crippen LogP contribution in [0.4, 0.5) is 15.5 Å². The average molecular weight is 323 g/mol. The van der Waals surface area contributed by atoms with E-state index in [1.807, 2.05) is 11.4 Å². The van der Waals surface area contributed by atoms with Gasteiger partial charge in [-0.15, -0.1) is 22.7 Å². The van der Waals surface area contributed by atoms with Crippen LogP contribution in [0, 0.1) is 0 Å². The highest BCUT2D eigenvalue weighted by Gasteiger charge is 2.26. The first-order valence-electron chi connectivity index (χ1n) is 6.29. The number of nitrogens with two attached hydrogens (primary N) is 1. The number of rotatable bonds is 2. The number of anilines is 2. The first kappa shape index (κ1) is 13.9. The van der Waals surface area contributed by atoms with E-state index in [-0.39, 0.29) is 5.91 Å². The Morgan fingerprint density at radius 1 is 1.43 bits per heavy atom. The highest BCUT2D eigenvalue weighted by Crippen LogP contribution is 2.39. The molecule has 21 heavy (non-hydrogen) atoms. The molecule has 2 aromatic rings. The number of carbonyl (C=O) groups is 2. The quantitative estimate of drug-likeness (QED) is 0.791. The van der Waals surface area contributed by atoms with Crippen LogP contribution in [-0.2, 0) is 13.0 Å². The largest absolute Gasteiger partial charge is 0.465 e. The lowest BCUT2D eigenvalue weighted by molar-refractivity contribution is 0.103. The average Bonchev–Trinajstić information content (AvgIpc) is 3.08. The minimum atomic E-state index is -0.934. The van der Waals surface area contributed by atoms with E-state index in [9.17, 15) is 9.59 Å². The number of nitrogens with zero attached hydrogens (tertiary/aromatic N) is 1. The molecule has 6 nitrogen and oxygen atoms in total. The van der Waals surface area contributed by atoms with Gasteiger partial charge in [0, 0.05) is 11.4 Å². The predicted molar refractivity (Wildman–Crippen MR) is 83.1 cm³/mol. The van der Waals surface area contributed by atoms with Crippen LogP contribution in [-0.4, -0.2) is 28.6 Å². The van der Waals surface area contributed by atoms with Gasteiger partial charge in [0.25, 0.3) is 5.91 Å². The van der Waals surface area contributed by atoms with Crippen molar-refractivity contribution in [3.8, 4) is 0 Å². The molecule has 8 heteroatoms. The zero-order valence-corrected chi connectivity index (χ0v) is 12.6. The number of nitrogen functional groups attached to an aromatic ring is 1. The summed E-state index contributed by atoms with van der Waals surface area (Å²) in [5.41, 5.74) is 7.60. The van der Waals surface area contributed by atoms with Crippen molar-refractivity contribution in [1.29, 1.82) is 0 Å². The number of amides is 2. The number of hydrogen-bond acceptors (Lipinski definition) is 5. The highest BCUT2D eigenvalue weighted by atomic mass is 32.1. The van der Waals surface area contributed by atoms with E-state index in [1.54, 1.807) is 6.07 Å². The van der Waals surface area contributed by atoms with E-state index in [0.29, 0.717) is 35.1 Å². The number of carbonyl (C=O) groups excluding carboxylic acids is 1. The Morgan fingerprint density at radius 3 is 2.90 bits per heavy atom. The Bertz CT molecular complexity index is 694. The van der Waals surface area contributed by atoms with Crippen LogP contribution in [0.15, 0.2) is 17.5 Å². The lowest BCUT2D eigenvalue weighted by Gasteiger charge is -2.23. The summed E-state index contributed by atoms with van der Waals surface area (Å²) < 4.78 is 0. The zero-order chi connectivity index (χ0) is 15.0. The summed E-state index contributed by atoms with van der Waals surface area (Å²) in [4.78, 5) is 26.0. The first-order valence-corrected chi connectivity index (χ1v) is 7.98. The molecule has 2 aromatic heterocycles. The zero-order valence-electron chi connectivity index (χ0n) is 11.0. The van der Waals surface area contributed by atoms with Gasteiger partial charge in [0.2, 0.25) is 0 Å². The normalized spacial score (nSPS) is 13.8. The van der Waals surface area contributed by atoms with E-state index in [4.69, 9.17) is 10.8 Å². The van der Waals surface area contributed by atoms with E-state index in [2.05, 4.69) is 5.32 Å². The summed E-state index contributed by atoms with van der Waals surface area (Å²) in [5, 5.41) is 14.3. The second-order valence-corrected chi connectivity index (χ2v) is 6.69. The Kier molecular flexibility index (Phi) is 3.56. The lowest BCUT2D eigenvalue weighted by Crippen LogP contribution is -2.34. The van der Waals surface area contributed by atoms with Crippen molar-refractivity contribution in [2.75, 3.05) is 17.6 Å². The van der Waals surface area contributed by atoms with Crippen LogP contribution in [0.5, 0.6) is 0 Å². The van der Waals surface area contributed by atoms with E-state index < -0.39 is 6.09 Å². The van der Waals surface area contributed by atoms with Crippen LogP contribution in [0.3, 0.4) is 0 Å². The smallest absolute Gasteiger partial charge is 0.407 e. The first-order chi connectivity index (χ1) is 10.1. The van der Waals surface area contributed by atoms with Gasteiger partial charge in [0.05, 0.1) is 17.1 Å². The maximum Gasteiger partial charge on any atom is 0.407 e. The monoisotopic (exact) mass is 323 g/mol. The van der Waals surface area contributed by atoms with Gasteiger partial charge in [0.15, 0.2) is 0 Å². The molecule has 0 radical (unpaired) electrons. The molecule has 0 saturated carbocycles. The third-order valence-electron chi connectivity index (χ3n) is 3.34. The molecule has 110 valence electrons. The molecule has 4 N–H and O–H groups in total. The fraction of sp³-hybridized carbons (Fsp3) is 0.231. The number of nitrogens with one attached hydrogen (secondary N) is 1. The van der Waals surface area contributed by atoms with E-state index in [0.717, 1.165) is 10.4 Å². The Hall–Kier alpha value is -2.06. The summed E-state index contributed by atoms with van der Waals surface area (Å²) in [7, 11) is 0. The van der Waals surface area contributed by atoms with Gasteiger partial charge in [0.1, 0.15) is 5.00 Å². The molecule has 0 aliphatic carbocycles. The second-order valence-electron chi connectivity index (χ2n) is 4.63. The summed E-state index contributed by atoms with van der Waals surface area (Å²) in [5.74, 6) is -0.189. The molecule has 2 amide bonds. The van der Waals surface area contributed by atoms with Gasteiger partial charge in [-0.3, -0.25) is 4.79 Å². The van der Waals surface area contributed by atoms with E-state index >= 15 is 0 Å². The molecule has 0 fully saturated rings. The van der Waals surface area contributed by atoms with Gasteiger partial charge in [-0.05, 0) is 23.4 Å². The van der Waals surface area contributed by atoms with Crippen molar-refractivity contribution in [3.63, 3.8) is 0 Å².